The van der Waals surface area contributed by atoms with Gasteiger partial charge >= 0.3 is 12.0 Å². The highest BCUT2D eigenvalue weighted by Gasteiger charge is 2.43. The number of rotatable bonds is 2. The molecule has 2 aliphatic heterocycles. The molecular formula is C17H28N2O5. The Labute approximate surface area is 142 Å². The predicted molar refractivity (Wildman–Crippen MR) is 86.8 cm³/mol. The van der Waals surface area contributed by atoms with E-state index in [1.807, 2.05) is 11.8 Å². The Kier molecular flexibility index (Phi) is 5.30. The lowest BCUT2D eigenvalue weighted by Crippen LogP contribution is -2.62. The van der Waals surface area contributed by atoms with Gasteiger partial charge in [-0.05, 0) is 45.4 Å². The number of carboxylic acids is 1. The van der Waals surface area contributed by atoms with Crippen LogP contribution in [0, 0.1) is 5.92 Å². The van der Waals surface area contributed by atoms with E-state index in [4.69, 9.17) is 14.6 Å². The molecule has 3 aliphatic rings. The summed E-state index contributed by atoms with van der Waals surface area (Å²) in [6.07, 6.45) is 4.61. The van der Waals surface area contributed by atoms with E-state index >= 15 is 0 Å². The molecule has 0 aromatic heterocycles. The summed E-state index contributed by atoms with van der Waals surface area (Å²) in [6.45, 7) is 4.45. The van der Waals surface area contributed by atoms with E-state index in [0.717, 1.165) is 32.3 Å². The molecule has 2 heterocycles. The van der Waals surface area contributed by atoms with Crippen molar-refractivity contribution in [3.63, 3.8) is 0 Å². The van der Waals surface area contributed by atoms with E-state index in [1.165, 1.54) is 0 Å². The molecule has 3 fully saturated rings. The Morgan fingerprint density at radius 1 is 1.25 bits per heavy atom. The maximum Gasteiger partial charge on any atom is 0.317 e. The van der Waals surface area contributed by atoms with Gasteiger partial charge in [0.15, 0.2) is 0 Å². The van der Waals surface area contributed by atoms with Gasteiger partial charge in [0.25, 0.3) is 0 Å². The maximum absolute atomic E-state index is 12.7. The van der Waals surface area contributed by atoms with E-state index < -0.39 is 5.97 Å². The summed E-state index contributed by atoms with van der Waals surface area (Å²) >= 11 is 0. The molecule has 1 aliphatic carbocycles. The molecule has 2 unspecified atom stereocenters. The molecule has 0 aromatic carbocycles. The number of ether oxygens (including phenoxy) is 2. The molecule has 2 amide bonds. The molecule has 1 saturated carbocycles. The number of hydrogen-bond acceptors (Lipinski definition) is 4. The molecule has 136 valence electrons. The molecule has 2 N–H and O–H groups in total. The Morgan fingerprint density at radius 2 is 2.00 bits per heavy atom. The Balaban J connectivity index is 1.53. The number of nitrogens with zero attached hydrogens (tertiary/aromatic N) is 1. The summed E-state index contributed by atoms with van der Waals surface area (Å²) in [7, 11) is 0. The minimum Gasteiger partial charge on any atom is -0.481 e. The smallest absolute Gasteiger partial charge is 0.317 e. The summed E-state index contributed by atoms with van der Waals surface area (Å²) in [5, 5.41) is 12.1. The average molecular weight is 340 g/mol. The van der Waals surface area contributed by atoms with Crippen LogP contribution in [-0.2, 0) is 14.3 Å². The molecule has 0 bridgehead atoms. The third-order valence-corrected chi connectivity index (χ3v) is 5.39. The van der Waals surface area contributed by atoms with Gasteiger partial charge in [-0.15, -0.1) is 0 Å². The van der Waals surface area contributed by atoms with E-state index in [0.29, 0.717) is 32.5 Å². The molecular weight excluding hydrogens is 312 g/mol. The van der Waals surface area contributed by atoms with Gasteiger partial charge in [0, 0.05) is 19.2 Å². The number of carbonyl (C=O) groups excluding carboxylic acids is 1. The molecule has 1 spiro atoms. The third kappa shape index (κ3) is 4.00. The number of amides is 2. The lowest BCUT2D eigenvalue weighted by molar-refractivity contribution is -0.188. The van der Waals surface area contributed by atoms with E-state index in [-0.39, 0.29) is 29.7 Å². The van der Waals surface area contributed by atoms with Crippen molar-refractivity contribution in [2.24, 2.45) is 5.92 Å². The molecule has 2 saturated heterocycles. The van der Waals surface area contributed by atoms with Crippen LogP contribution in [-0.4, -0.2) is 66.1 Å². The van der Waals surface area contributed by atoms with Gasteiger partial charge in [0.2, 0.25) is 0 Å². The second-order valence-corrected chi connectivity index (χ2v) is 7.48. The number of urea groups is 1. The van der Waals surface area contributed by atoms with Crippen molar-refractivity contribution in [3.05, 3.63) is 0 Å². The van der Waals surface area contributed by atoms with Crippen molar-refractivity contribution in [3.8, 4) is 0 Å². The highest BCUT2D eigenvalue weighted by atomic mass is 16.6. The molecule has 0 radical (unpaired) electrons. The Morgan fingerprint density at radius 3 is 2.62 bits per heavy atom. The number of nitrogens with one attached hydrogen (secondary N) is 1. The lowest BCUT2D eigenvalue weighted by atomic mass is 9.86. The zero-order chi connectivity index (χ0) is 17.2. The van der Waals surface area contributed by atoms with Crippen LogP contribution in [0.5, 0.6) is 0 Å². The molecule has 0 aromatic rings. The van der Waals surface area contributed by atoms with Crippen molar-refractivity contribution in [1.29, 1.82) is 0 Å². The standard InChI is InChI=1S/C17H28N2O5/c1-12-9-19(10-17(24-12)7-2-8-23-11-17)16(22)18-14-5-3-13(4-6-14)15(20)21/h12-14H,2-11H2,1H3,(H,18,22)(H,20,21). The monoisotopic (exact) mass is 340 g/mol. The van der Waals surface area contributed by atoms with Crippen LogP contribution >= 0.6 is 0 Å². The van der Waals surface area contributed by atoms with Gasteiger partial charge in [0.05, 0.1) is 25.2 Å². The van der Waals surface area contributed by atoms with Gasteiger partial charge in [-0.2, -0.15) is 0 Å². The number of aliphatic carboxylic acids is 1. The van der Waals surface area contributed by atoms with Crippen LogP contribution in [0.15, 0.2) is 0 Å². The lowest BCUT2D eigenvalue weighted by Gasteiger charge is -2.47. The van der Waals surface area contributed by atoms with Crippen LogP contribution in [0.25, 0.3) is 0 Å². The van der Waals surface area contributed by atoms with E-state index in [9.17, 15) is 9.59 Å². The first-order valence-corrected chi connectivity index (χ1v) is 9.01. The first-order chi connectivity index (χ1) is 11.5. The molecule has 3 rings (SSSR count). The fraction of sp³-hybridized carbons (Fsp3) is 0.882. The van der Waals surface area contributed by atoms with Gasteiger partial charge in [0.1, 0.15) is 5.60 Å². The summed E-state index contributed by atoms with van der Waals surface area (Å²) in [6, 6.07) is 0.0127. The minimum absolute atomic E-state index is 0.00560. The Bertz CT molecular complexity index is 470. The SMILES string of the molecule is CC1CN(C(=O)NC2CCC(C(=O)O)CC2)CC2(CCCOC2)O1. The van der Waals surface area contributed by atoms with Gasteiger partial charge in [-0.25, -0.2) is 4.79 Å². The van der Waals surface area contributed by atoms with Crippen LogP contribution in [0.4, 0.5) is 4.79 Å². The maximum atomic E-state index is 12.7. The van der Waals surface area contributed by atoms with Crippen molar-refractivity contribution >= 4 is 12.0 Å². The summed E-state index contributed by atoms with van der Waals surface area (Å²) in [4.78, 5) is 25.5. The quantitative estimate of drug-likeness (QED) is 0.797. The summed E-state index contributed by atoms with van der Waals surface area (Å²) in [5.74, 6) is -0.981. The largest absolute Gasteiger partial charge is 0.481 e. The van der Waals surface area contributed by atoms with Crippen LogP contribution in [0.1, 0.15) is 45.4 Å². The average Bonchev–Trinajstić information content (AvgIpc) is 2.55. The normalized spacial score (nSPS) is 37.2. The molecule has 2 atom stereocenters. The van der Waals surface area contributed by atoms with Crippen molar-refractivity contribution < 1.29 is 24.2 Å². The highest BCUT2D eigenvalue weighted by Crippen LogP contribution is 2.30. The first-order valence-electron chi connectivity index (χ1n) is 9.01. The van der Waals surface area contributed by atoms with E-state index in [1.54, 1.807) is 0 Å². The third-order valence-electron chi connectivity index (χ3n) is 5.39. The van der Waals surface area contributed by atoms with Gasteiger partial charge in [-0.3, -0.25) is 4.79 Å². The summed E-state index contributed by atoms with van der Waals surface area (Å²) < 4.78 is 11.7. The summed E-state index contributed by atoms with van der Waals surface area (Å²) in [5.41, 5.74) is -0.367. The second kappa shape index (κ2) is 7.27. The molecule has 24 heavy (non-hydrogen) atoms. The molecule has 7 heteroatoms. The van der Waals surface area contributed by atoms with Crippen molar-refractivity contribution in [2.75, 3.05) is 26.3 Å². The van der Waals surface area contributed by atoms with Crippen LogP contribution in [0.3, 0.4) is 0 Å². The topological polar surface area (TPSA) is 88.1 Å². The molecule has 7 nitrogen and oxygen atoms in total. The highest BCUT2D eigenvalue weighted by molar-refractivity contribution is 5.75. The van der Waals surface area contributed by atoms with Crippen LogP contribution < -0.4 is 5.32 Å². The number of hydrogen-bond donors (Lipinski definition) is 2. The first kappa shape index (κ1) is 17.5. The van der Waals surface area contributed by atoms with E-state index in [2.05, 4.69) is 5.32 Å². The zero-order valence-electron chi connectivity index (χ0n) is 14.3. The fourth-order valence-electron chi connectivity index (χ4n) is 4.17. The Hall–Kier alpha value is -1.34. The van der Waals surface area contributed by atoms with Gasteiger partial charge in [-0.1, -0.05) is 0 Å². The van der Waals surface area contributed by atoms with Crippen molar-refractivity contribution in [2.45, 2.75) is 63.2 Å². The predicted octanol–water partition coefficient (Wildman–Crippen LogP) is 1.61. The minimum atomic E-state index is -0.721. The van der Waals surface area contributed by atoms with Crippen LogP contribution in [0.2, 0.25) is 0 Å². The van der Waals surface area contributed by atoms with Gasteiger partial charge < -0.3 is 24.8 Å². The zero-order valence-corrected chi connectivity index (χ0v) is 14.3. The second-order valence-electron chi connectivity index (χ2n) is 7.48. The number of carbonyl (C=O) groups is 2. The number of carboxylic acid groups (broad SMARTS) is 1. The number of morpholine rings is 1. The fourth-order valence-corrected chi connectivity index (χ4v) is 4.17. The van der Waals surface area contributed by atoms with Crippen molar-refractivity contribution in [1.82, 2.24) is 10.2 Å².